The van der Waals surface area contributed by atoms with E-state index >= 15 is 0 Å². The lowest BCUT2D eigenvalue weighted by Crippen LogP contribution is -2.13. The fraction of sp³-hybridized carbons (Fsp3) is 0.615. The summed E-state index contributed by atoms with van der Waals surface area (Å²) in [6, 6.07) is 4.06. The van der Waals surface area contributed by atoms with Crippen molar-refractivity contribution in [2.24, 2.45) is 5.41 Å². The number of hydrogen-bond acceptors (Lipinski definition) is 2. The first-order valence-electron chi connectivity index (χ1n) is 5.49. The number of ether oxygens (including phenoxy) is 1. The molecule has 0 aromatic carbocycles. The minimum Gasteiger partial charge on any atom is -0.475 e. The quantitative estimate of drug-likeness (QED) is 0.757. The monoisotopic (exact) mass is 207 g/mol. The van der Waals surface area contributed by atoms with E-state index in [1.807, 2.05) is 19.9 Å². The van der Waals surface area contributed by atoms with Crippen LogP contribution in [0.2, 0.25) is 0 Å². The summed E-state index contributed by atoms with van der Waals surface area (Å²) in [4.78, 5) is 4.28. The number of rotatable bonds is 3. The highest BCUT2D eigenvalue weighted by Crippen LogP contribution is 2.25. The van der Waals surface area contributed by atoms with Gasteiger partial charge in [0.05, 0.1) is 6.10 Å². The molecule has 0 aliphatic heterocycles. The molecule has 1 rings (SSSR count). The van der Waals surface area contributed by atoms with Crippen molar-refractivity contribution in [3.63, 3.8) is 0 Å². The van der Waals surface area contributed by atoms with Crippen molar-refractivity contribution < 1.29 is 4.74 Å². The van der Waals surface area contributed by atoms with Gasteiger partial charge in [0.2, 0.25) is 5.88 Å². The van der Waals surface area contributed by atoms with Gasteiger partial charge in [-0.1, -0.05) is 26.8 Å². The summed E-state index contributed by atoms with van der Waals surface area (Å²) >= 11 is 0. The van der Waals surface area contributed by atoms with Crippen molar-refractivity contribution in [1.82, 2.24) is 4.98 Å². The van der Waals surface area contributed by atoms with E-state index in [0.29, 0.717) is 0 Å². The second kappa shape index (κ2) is 4.65. The maximum atomic E-state index is 5.68. The predicted octanol–water partition coefficient (Wildman–Crippen LogP) is 3.46. The van der Waals surface area contributed by atoms with E-state index in [4.69, 9.17) is 4.74 Å². The van der Waals surface area contributed by atoms with Gasteiger partial charge in [0.1, 0.15) is 0 Å². The fourth-order valence-corrected chi connectivity index (χ4v) is 1.46. The third-order valence-electron chi connectivity index (χ3n) is 1.92. The van der Waals surface area contributed by atoms with E-state index in [1.54, 1.807) is 6.20 Å². The number of aromatic nitrogens is 1. The molecule has 0 spiro atoms. The standard InChI is InChI=1S/C13H21NO/c1-10(2)15-12-11(7-6-8-14-12)9-13(3,4)5/h6-8,10H,9H2,1-5H3. The molecule has 1 aromatic rings. The van der Waals surface area contributed by atoms with E-state index < -0.39 is 0 Å². The van der Waals surface area contributed by atoms with Gasteiger partial charge in [0.25, 0.3) is 0 Å². The van der Waals surface area contributed by atoms with Gasteiger partial charge in [-0.25, -0.2) is 4.98 Å². The maximum absolute atomic E-state index is 5.68. The Kier molecular flexibility index (Phi) is 3.72. The normalized spacial score (nSPS) is 11.9. The first kappa shape index (κ1) is 12.0. The van der Waals surface area contributed by atoms with Crippen molar-refractivity contribution in [1.29, 1.82) is 0 Å². The first-order chi connectivity index (χ1) is 6.88. The van der Waals surface area contributed by atoms with Crippen LogP contribution in [0.25, 0.3) is 0 Å². The summed E-state index contributed by atoms with van der Waals surface area (Å²) < 4.78 is 5.68. The Hall–Kier alpha value is -1.05. The number of nitrogens with zero attached hydrogens (tertiary/aromatic N) is 1. The molecule has 2 heteroatoms. The van der Waals surface area contributed by atoms with Crippen LogP contribution in [-0.2, 0) is 6.42 Å². The second-order valence-electron chi connectivity index (χ2n) is 5.37. The summed E-state index contributed by atoms with van der Waals surface area (Å²) in [5.41, 5.74) is 1.46. The molecule has 0 amide bonds. The zero-order valence-electron chi connectivity index (χ0n) is 10.4. The third-order valence-corrected chi connectivity index (χ3v) is 1.92. The molecule has 2 nitrogen and oxygen atoms in total. The molecule has 15 heavy (non-hydrogen) atoms. The third kappa shape index (κ3) is 4.32. The predicted molar refractivity (Wildman–Crippen MR) is 63.2 cm³/mol. The van der Waals surface area contributed by atoms with Crippen LogP contribution < -0.4 is 4.74 Å². The first-order valence-corrected chi connectivity index (χ1v) is 5.49. The van der Waals surface area contributed by atoms with Crippen LogP contribution >= 0.6 is 0 Å². The second-order valence-corrected chi connectivity index (χ2v) is 5.37. The smallest absolute Gasteiger partial charge is 0.216 e. The van der Waals surface area contributed by atoms with Crippen LogP contribution in [0.3, 0.4) is 0 Å². The molecule has 84 valence electrons. The van der Waals surface area contributed by atoms with Gasteiger partial charge in [0.15, 0.2) is 0 Å². The average Bonchev–Trinajstić information content (AvgIpc) is 2.05. The zero-order chi connectivity index (χ0) is 11.5. The van der Waals surface area contributed by atoms with Gasteiger partial charge in [-0.3, -0.25) is 0 Å². The van der Waals surface area contributed by atoms with Crippen LogP contribution in [-0.4, -0.2) is 11.1 Å². The Labute approximate surface area is 92.7 Å². The van der Waals surface area contributed by atoms with Gasteiger partial charge in [-0.2, -0.15) is 0 Å². The topological polar surface area (TPSA) is 22.1 Å². The molecule has 1 heterocycles. The highest BCUT2D eigenvalue weighted by atomic mass is 16.5. The lowest BCUT2D eigenvalue weighted by molar-refractivity contribution is 0.227. The Morgan fingerprint density at radius 2 is 2.00 bits per heavy atom. The summed E-state index contributed by atoms with van der Waals surface area (Å²) in [6.07, 6.45) is 2.95. The van der Waals surface area contributed by atoms with E-state index in [1.165, 1.54) is 5.56 Å². The lowest BCUT2D eigenvalue weighted by atomic mass is 9.88. The molecule has 0 radical (unpaired) electrons. The average molecular weight is 207 g/mol. The molecule has 0 fully saturated rings. The Morgan fingerprint density at radius 1 is 1.33 bits per heavy atom. The summed E-state index contributed by atoms with van der Waals surface area (Å²) in [6.45, 7) is 10.7. The van der Waals surface area contributed by atoms with Crippen LogP contribution in [0.5, 0.6) is 5.88 Å². The van der Waals surface area contributed by atoms with Gasteiger partial charge in [-0.05, 0) is 31.7 Å². The number of hydrogen-bond donors (Lipinski definition) is 0. The van der Waals surface area contributed by atoms with Crippen molar-refractivity contribution in [2.45, 2.75) is 47.1 Å². The molecule has 0 N–H and O–H groups in total. The van der Waals surface area contributed by atoms with Crippen LogP contribution in [0, 0.1) is 5.41 Å². The maximum Gasteiger partial charge on any atom is 0.216 e. The minimum atomic E-state index is 0.179. The molecule has 0 aliphatic carbocycles. The van der Waals surface area contributed by atoms with Crippen molar-refractivity contribution in [3.05, 3.63) is 23.9 Å². The van der Waals surface area contributed by atoms with Crippen LogP contribution in [0.4, 0.5) is 0 Å². The highest BCUT2D eigenvalue weighted by molar-refractivity contribution is 5.26. The summed E-state index contributed by atoms with van der Waals surface area (Å²) in [5.74, 6) is 0.780. The zero-order valence-corrected chi connectivity index (χ0v) is 10.4. The van der Waals surface area contributed by atoms with E-state index in [2.05, 4.69) is 31.8 Å². The molecular formula is C13H21NO. The molecule has 0 bridgehead atoms. The summed E-state index contributed by atoms with van der Waals surface area (Å²) in [5, 5.41) is 0. The van der Waals surface area contributed by atoms with Crippen LogP contribution in [0.1, 0.15) is 40.2 Å². The largest absolute Gasteiger partial charge is 0.475 e. The molecule has 1 aromatic heterocycles. The Balaban J connectivity index is 2.86. The van der Waals surface area contributed by atoms with Crippen molar-refractivity contribution in [2.75, 3.05) is 0 Å². The van der Waals surface area contributed by atoms with E-state index in [9.17, 15) is 0 Å². The van der Waals surface area contributed by atoms with E-state index in [0.717, 1.165) is 12.3 Å². The fourth-order valence-electron chi connectivity index (χ4n) is 1.46. The SMILES string of the molecule is CC(C)Oc1ncccc1CC(C)(C)C. The van der Waals surface area contributed by atoms with Crippen molar-refractivity contribution >= 4 is 0 Å². The molecular weight excluding hydrogens is 186 g/mol. The van der Waals surface area contributed by atoms with Gasteiger partial charge in [-0.15, -0.1) is 0 Å². The molecule has 0 saturated carbocycles. The van der Waals surface area contributed by atoms with Gasteiger partial charge < -0.3 is 4.74 Å². The Morgan fingerprint density at radius 3 is 2.53 bits per heavy atom. The molecule has 0 atom stereocenters. The molecule has 0 unspecified atom stereocenters. The summed E-state index contributed by atoms with van der Waals surface area (Å²) in [7, 11) is 0. The van der Waals surface area contributed by atoms with Crippen LogP contribution in [0.15, 0.2) is 18.3 Å². The lowest BCUT2D eigenvalue weighted by Gasteiger charge is -2.20. The minimum absolute atomic E-state index is 0.179. The van der Waals surface area contributed by atoms with Gasteiger partial charge in [0, 0.05) is 11.8 Å². The van der Waals surface area contributed by atoms with Gasteiger partial charge >= 0.3 is 0 Å². The Bertz CT molecular complexity index is 313. The number of pyridine rings is 1. The molecule has 0 aliphatic rings. The highest BCUT2D eigenvalue weighted by Gasteiger charge is 2.15. The van der Waals surface area contributed by atoms with E-state index in [-0.39, 0.29) is 11.5 Å². The molecule has 0 saturated heterocycles. The van der Waals surface area contributed by atoms with Crippen molar-refractivity contribution in [3.8, 4) is 5.88 Å².